The molecule has 0 aromatic rings. The monoisotopic (exact) mass is 1140 g/mol. The number of carbonyl (C=O) groups is 3. The smallest absolute Gasteiger partial charge is 0.306 e. The van der Waals surface area contributed by atoms with E-state index >= 15 is 0 Å². The third-order valence-electron chi connectivity index (χ3n) is 15.7. The molecule has 0 bridgehead atoms. The van der Waals surface area contributed by atoms with Crippen molar-refractivity contribution in [1.29, 1.82) is 0 Å². The van der Waals surface area contributed by atoms with Crippen LogP contribution in [0.25, 0.3) is 0 Å². The van der Waals surface area contributed by atoms with Crippen molar-refractivity contribution in [1.82, 2.24) is 0 Å². The number of hydrogen-bond donors (Lipinski definition) is 0. The van der Waals surface area contributed by atoms with E-state index in [0.717, 1.165) is 89.9 Å². The van der Waals surface area contributed by atoms with Gasteiger partial charge in [-0.15, -0.1) is 0 Å². The first-order chi connectivity index (χ1) is 40.5. The number of esters is 3. The van der Waals surface area contributed by atoms with Gasteiger partial charge in [-0.3, -0.25) is 14.4 Å². The fourth-order valence-corrected chi connectivity index (χ4v) is 10.4. The highest BCUT2D eigenvalue weighted by atomic mass is 16.6. The largest absolute Gasteiger partial charge is 0.462 e. The van der Waals surface area contributed by atoms with Crippen LogP contribution in [0.15, 0.2) is 85.1 Å². The Hall–Kier alpha value is -3.41. The lowest BCUT2D eigenvalue weighted by Gasteiger charge is -2.18. The predicted octanol–water partition coefficient (Wildman–Crippen LogP) is 24.6. The summed E-state index contributed by atoms with van der Waals surface area (Å²) in [6.07, 6.45) is 93.3. The molecule has 82 heavy (non-hydrogen) atoms. The number of hydrogen-bond acceptors (Lipinski definition) is 6. The fraction of sp³-hybridized carbons (Fsp3) is 0.776. The predicted molar refractivity (Wildman–Crippen MR) is 358 cm³/mol. The molecule has 0 aliphatic heterocycles. The third-order valence-corrected chi connectivity index (χ3v) is 15.7. The van der Waals surface area contributed by atoms with Gasteiger partial charge in [-0.2, -0.15) is 0 Å². The molecule has 0 rings (SSSR count). The van der Waals surface area contributed by atoms with Gasteiger partial charge in [-0.25, -0.2) is 0 Å². The second-order valence-corrected chi connectivity index (χ2v) is 23.8. The van der Waals surface area contributed by atoms with Gasteiger partial charge in [-0.05, 0) is 70.6 Å². The Labute approximate surface area is 509 Å². The van der Waals surface area contributed by atoms with Gasteiger partial charge in [0.15, 0.2) is 6.10 Å². The van der Waals surface area contributed by atoms with E-state index in [2.05, 4.69) is 106 Å². The zero-order valence-corrected chi connectivity index (χ0v) is 54.5. The van der Waals surface area contributed by atoms with E-state index in [1.807, 2.05) is 0 Å². The van der Waals surface area contributed by atoms with Gasteiger partial charge in [0.25, 0.3) is 0 Å². The number of unbranched alkanes of at least 4 members (excludes halogenated alkanes) is 40. The van der Waals surface area contributed by atoms with Crippen molar-refractivity contribution in [3.8, 4) is 0 Å². The van der Waals surface area contributed by atoms with Crippen LogP contribution < -0.4 is 0 Å². The van der Waals surface area contributed by atoms with Crippen LogP contribution >= 0.6 is 0 Å². The molecule has 0 N–H and O–H groups in total. The number of allylic oxidation sites excluding steroid dienone is 14. The molecule has 0 spiro atoms. The summed E-state index contributed by atoms with van der Waals surface area (Å²) in [5, 5.41) is 0. The molecule has 0 aromatic carbocycles. The minimum atomic E-state index is -0.807. The van der Waals surface area contributed by atoms with E-state index in [-0.39, 0.29) is 37.5 Å². The molecule has 0 saturated heterocycles. The van der Waals surface area contributed by atoms with Crippen molar-refractivity contribution in [2.75, 3.05) is 13.2 Å². The lowest BCUT2D eigenvalue weighted by Crippen LogP contribution is -2.30. The van der Waals surface area contributed by atoms with Crippen molar-refractivity contribution in [2.24, 2.45) is 0 Å². The van der Waals surface area contributed by atoms with Gasteiger partial charge < -0.3 is 14.2 Å². The Balaban J connectivity index is 4.41. The van der Waals surface area contributed by atoms with E-state index in [0.29, 0.717) is 19.3 Å². The Bertz CT molecular complexity index is 1550. The van der Waals surface area contributed by atoms with E-state index in [1.165, 1.54) is 225 Å². The average molecular weight is 1140 g/mol. The summed E-state index contributed by atoms with van der Waals surface area (Å²) in [7, 11) is 0. The Morgan fingerprint density at radius 3 is 0.732 bits per heavy atom. The summed E-state index contributed by atoms with van der Waals surface area (Å²) in [6.45, 7) is 6.54. The molecule has 0 aliphatic rings. The van der Waals surface area contributed by atoms with Crippen LogP contribution in [-0.4, -0.2) is 37.2 Å². The summed E-state index contributed by atoms with van der Waals surface area (Å²) in [6, 6.07) is 0. The van der Waals surface area contributed by atoms with Crippen molar-refractivity contribution >= 4 is 17.9 Å². The van der Waals surface area contributed by atoms with E-state index in [1.54, 1.807) is 0 Å². The average Bonchev–Trinajstić information content (AvgIpc) is 3.47. The van der Waals surface area contributed by atoms with Crippen molar-refractivity contribution in [3.63, 3.8) is 0 Å². The molecule has 0 aliphatic carbocycles. The van der Waals surface area contributed by atoms with Gasteiger partial charge in [0.05, 0.1) is 0 Å². The normalized spacial score (nSPS) is 12.6. The first kappa shape index (κ1) is 78.6. The first-order valence-electron chi connectivity index (χ1n) is 35.6. The Kier molecular flexibility index (Phi) is 67.2. The standard InChI is InChI=1S/C76H134O6/c1-4-7-10-13-16-19-22-25-28-31-33-35-37-39-40-42-45-48-51-54-57-60-63-66-69-75(78)81-72-73(71-80-74(77)68-65-62-59-56-53-50-47-44-30-27-24-21-18-15-12-9-6-3)82-76(79)70-67-64-61-58-55-52-49-46-43-41-38-36-34-32-29-26-23-20-17-14-11-8-5-2/h8,11,17,20,26,29,34,36,41,43,49,52,58,61,73H,4-7,9-10,12-16,18-19,21-25,27-28,30-33,35,37-40,42,44-48,50-51,53-57,59-60,62-72H2,1-3H3/b11-8-,20-17-,29-26-,36-34-,43-41-,52-49-,61-58-. The molecule has 0 saturated carbocycles. The molecule has 1 unspecified atom stereocenters. The summed E-state index contributed by atoms with van der Waals surface area (Å²) >= 11 is 0. The van der Waals surface area contributed by atoms with Crippen LogP contribution in [0.5, 0.6) is 0 Å². The van der Waals surface area contributed by atoms with Crippen molar-refractivity contribution in [3.05, 3.63) is 85.1 Å². The van der Waals surface area contributed by atoms with Crippen LogP contribution in [0.3, 0.4) is 0 Å². The molecule has 0 aromatic heterocycles. The second kappa shape index (κ2) is 70.1. The minimum absolute atomic E-state index is 0.0950. The molecule has 1 atom stereocenters. The summed E-state index contributed by atoms with van der Waals surface area (Å²) in [5.41, 5.74) is 0. The highest BCUT2D eigenvalue weighted by Gasteiger charge is 2.19. The van der Waals surface area contributed by atoms with Crippen molar-refractivity contribution < 1.29 is 28.6 Å². The van der Waals surface area contributed by atoms with Gasteiger partial charge >= 0.3 is 17.9 Å². The molecule has 0 fully saturated rings. The van der Waals surface area contributed by atoms with Gasteiger partial charge in [0.2, 0.25) is 0 Å². The van der Waals surface area contributed by atoms with Gasteiger partial charge in [0.1, 0.15) is 13.2 Å². The molecule has 6 heteroatoms. The lowest BCUT2D eigenvalue weighted by atomic mass is 10.0. The molecule has 0 heterocycles. The topological polar surface area (TPSA) is 78.9 Å². The molecule has 474 valence electrons. The molecular weight excluding hydrogens is 1010 g/mol. The lowest BCUT2D eigenvalue weighted by molar-refractivity contribution is -0.167. The second-order valence-electron chi connectivity index (χ2n) is 23.8. The minimum Gasteiger partial charge on any atom is -0.462 e. The number of rotatable bonds is 65. The van der Waals surface area contributed by atoms with Crippen LogP contribution in [0.2, 0.25) is 0 Å². The quantitative estimate of drug-likeness (QED) is 0.0261. The summed E-state index contributed by atoms with van der Waals surface area (Å²) < 4.78 is 17.0. The maximum atomic E-state index is 12.9. The van der Waals surface area contributed by atoms with Gasteiger partial charge in [0, 0.05) is 19.3 Å². The summed E-state index contributed by atoms with van der Waals surface area (Å²) in [5.74, 6) is -0.932. The molecule has 6 nitrogen and oxygen atoms in total. The van der Waals surface area contributed by atoms with E-state index in [9.17, 15) is 14.4 Å². The van der Waals surface area contributed by atoms with Crippen molar-refractivity contribution in [2.45, 2.75) is 367 Å². The van der Waals surface area contributed by atoms with Crippen LogP contribution in [0.1, 0.15) is 361 Å². The SMILES string of the molecule is CC/C=C\C/C=C\C/C=C\C/C=C\C/C=C\C/C=C\C/C=C\CCCC(=O)OC(COC(=O)CCCCCCCCCCCCCCCCCCC)COC(=O)CCCCCCCCCCCCCCCCCCCCCCCCCC. The van der Waals surface area contributed by atoms with Crippen LogP contribution in [0.4, 0.5) is 0 Å². The van der Waals surface area contributed by atoms with E-state index in [4.69, 9.17) is 14.2 Å². The fourth-order valence-electron chi connectivity index (χ4n) is 10.4. The highest BCUT2D eigenvalue weighted by molar-refractivity contribution is 5.71. The zero-order valence-electron chi connectivity index (χ0n) is 54.5. The van der Waals surface area contributed by atoms with Crippen LogP contribution in [-0.2, 0) is 28.6 Å². The third kappa shape index (κ3) is 67.4. The maximum absolute atomic E-state index is 12.9. The zero-order chi connectivity index (χ0) is 59.2. The molecule has 0 radical (unpaired) electrons. The van der Waals surface area contributed by atoms with Crippen LogP contribution in [0, 0.1) is 0 Å². The summed E-state index contributed by atoms with van der Waals surface area (Å²) in [4.78, 5) is 38.5. The number of carbonyl (C=O) groups excluding carboxylic acids is 3. The maximum Gasteiger partial charge on any atom is 0.306 e. The van der Waals surface area contributed by atoms with Gasteiger partial charge in [-0.1, -0.05) is 356 Å². The molecule has 0 amide bonds. The van der Waals surface area contributed by atoms with E-state index < -0.39 is 6.10 Å². The Morgan fingerprint density at radius 2 is 0.476 bits per heavy atom. The number of ether oxygens (including phenoxy) is 3. The highest BCUT2D eigenvalue weighted by Crippen LogP contribution is 2.18. The Morgan fingerprint density at radius 1 is 0.256 bits per heavy atom. The molecular formula is C76H134O6. The first-order valence-corrected chi connectivity index (χ1v) is 35.6.